The Morgan fingerprint density at radius 2 is 2.00 bits per heavy atom. The summed E-state index contributed by atoms with van der Waals surface area (Å²) in [6.45, 7) is 1.81. The van der Waals surface area contributed by atoms with Crippen molar-refractivity contribution >= 4 is 38.8 Å². The van der Waals surface area contributed by atoms with Crippen molar-refractivity contribution < 1.29 is 4.79 Å². The van der Waals surface area contributed by atoms with Gasteiger partial charge in [-0.05, 0) is 35.9 Å². The average Bonchev–Trinajstić information content (AvgIpc) is 3.34. The molecule has 4 rings (SSSR count). The Hall–Kier alpha value is -2.77. The van der Waals surface area contributed by atoms with E-state index in [1.165, 1.54) is 22.2 Å². The lowest BCUT2D eigenvalue weighted by Gasteiger charge is -2.17. The van der Waals surface area contributed by atoms with Gasteiger partial charge < -0.3 is 9.88 Å². The highest BCUT2D eigenvalue weighted by Crippen LogP contribution is 2.29. The highest BCUT2D eigenvalue weighted by molar-refractivity contribution is 7.20. The zero-order chi connectivity index (χ0) is 19.7. The Bertz CT molecular complexity index is 1180. The zero-order valence-electron chi connectivity index (χ0n) is 15.5. The minimum Gasteiger partial charge on any atom is -0.343 e. The third-order valence-corrected chi connectivity index (χ3v) is 6.88. The van der Waals surface area contributed by atoms with E-state index in [1.807, 2.05) is 42.6 Å². The molecule has 0 aliphatic carbocycles. The van der Waals surface area contributed by atoms with Crippen LogP contribution in [0.1, 0.15) is 31.7 Å². The van der Waals surface area contributed by atoms with Crippen molar-refractivity contribution in [2.24, 2.45) is 7.05 Å². The van der Waals surface area contributed by atoms with Crippen molar-refractivity contribution in [3.8, 4) is 0 Å². The van der Waals surface area contributed by atoms with E-state index in [4.69, 9.17) is 0 Å². The van der Waals surface area contributed by atoms with Gasteiger partial charge in [-0.1, -0.05) is 36.4 Å². The molecular formula is C21H19N3O2S2. The number of hydrogen-bond donors (Lipinski definition) is 1. The van der Waals surface area contributed by atoms with E-state index in [9.17, 15) is 9.59 Å². The van der Waals surface area contributed by atoms with Crippen LogP contribution in [-0.2, 0) is 13.5 Å². The maximum absolute atomic E-state index is 13.1. The van der Waals surface area contributed by atoms with Crippen LogP contribution in [0.4, 0.5) is 0 Å². The lowest BCUT2D eigenvalue weighted by molar-refractivity contribution is 0.0941. The molecule has 4 aromatic rings. The second kappa shape index (κ2) is 7.69. The Labute approximate surface area is 170 Å². The maximum atomic E-state index is 13.1. The number of aromatic nitrogens is 2. The van der Waals surface area contributed by atoms with Gasteiger partial charge in [-0.2, -0.15) is 0 Å². The second-order valence-electron chi connectivity index (χ2n) is 6.63. The van der Waals surface area contributed by atoms with Crippen LogP contribution in [-0.4, -0.2) is 15.5 Å². The molecule has 1 unspecified atom stereocenters. The number of carbonyl (C=O) groups is 1. The van der Waals surface area contributed by atoms with Gasteiger partial charge >= 0.3 is 0 Å². The van der Waals surface area contributed by atoms with E-state index < -0.39 is 0 Å². The van der Waals surface area contributed by atoms with Gasteiger partial charge in [0.15, 0.2) is 0 Å². The van der Waals surface area contributed by atoms with Gasteiger partial charge in [-0.25, -0.2) is 4.98 Å². The Balaban J connectivity index is 1.67. The number of nitrogens with one attached hydrogen (secondary N) is 1. The van der Waals surface area contributed by atoms with Gasteiger partial charge in [-0.3, -0.25) is 9.59 Å². The molecule has 0 aliphatic heterocycles. The lowest BCUT2D eigenvalue weighted by atomic mass is 10.0. The molecule has 0 saturated heterocycles. The van der Waals surface area contributed by atoms with Gasteiger partial charge in [0.05, 0.1) is 22.6 Å². The summed E-state index contributed by atoms with van der Waals surface area (Å²) in [5.74, 6) is -0.170. The molecule has 28 heavy (non-hydrogen) atoms. The van der Waals surface area contributed by atoms with Crippen LogP contribution in [0.2, 0.25) is 0 Å². The van der Waals surface area contributed by atoms with Gasteiger partial charge in [0.25, 0.3) is 11.5 Å². The molecule has 1 atom stereocenters. The molecule has 0 fully saturated rings. The fourth-order valence-corrected chi connectivity index (χ4v) is 5.03. The van der Waals surface area contributed by atoms with Gasteiger partial charge in [0, 0.05) is 11.9 Å². The van der Waals surface area contributed by atoms with Gasteiger partial charge in [-0.15, -0.1) is 22.7 Å². The number of nitrogens with zero attached hydrogens (tertiary/aromatic N) is 2. The van der Waals surface area contributed by atoms with E-state index in [0.717, 1.165) is 10.4 Å². The molecule has 1 amide bonds. The predicted octanol–water partition coefficient (Wildman–Crippen LogP) is 4.08. The molecule has 142 valence electrons. The van der Waals surface area contributed by atoms with E-state index in [0.29, 0.717) is 27.1 Å². The van der Waals surface area contributed by atoms with Crippen LogP contribution < -0.4 is 10.9 Å². The molecule has 5 nitrogen and oxygen atoms in total. The second-order valence-corrected chi connectivity index (χ2v) is 8.61. The first-order valence-corrected chi connectivity index (χ1v) is 10.6. The summed E-state index contributed by atoms with van der Waals surface area (Å²) in [4.78, 5) is 32.1. The molecule has 1 N–H and O–H groups in total. The summed E-state index contributed by atoms with van der Waals surface area (Å²) in [6.07, 6.45) is 2.20. The topological polar surface area (TPSA) is 64.0 Å². The van der Waals surface area contributed by atoms with Crippen LogP contribution in [0.15, 0.2) is 59.0 Å². The first-order valence-electron chi connectivity index (χ1n) is 8.87. The number of thiophene rings is 2. The van der Waals surface area contributed by atoms with Crippen molar-refractivity contribution in [1.82, 2.24) is 14.9 Å². The fourth-order valence-electron chi connectivity index (χ4n) is 3.21. The zero-order valence-corrected chi connectivity index (χ0v) is 17.1. The third kappa shape index (κ3) is 3.50. The normalized spacial score (nSPS) is 12.2. The summed E-state index contributed by atoms with van der Waals surface area (Å²) in [5.41, 5.74) is 1.72. The van der Waals surface area contributed by atoms with Crippen LogP contribution >= 0.6 is 22.7 Å². The first kappa shape index (κ1) is 18.6. The summed E-state index contributed by atoms with van der Waals surface area (Å²) in [5, 5.41) is 5.70. The molecule has 7 heteroatoms. The van der Waals surface area contributed by atoms with Crippen LogP contribution in [0, 0.1) is 6.92 Å². The van der Waals surface area contributed by atoms with Crippen LogP contribution in [0.3, 0.4) is 0 Å². The van der Waals surface area contributed by atoms with E-state index in [-0.39, 0.29) is 17.5 Å². The lowest BCUT2D eigenvalue weighted by Crippen LogP contribution is -2.29. The number of aryl methyl sites for hydroxylation is 2. The minimum atomic E-state index is -0.170. The van der Waals surface area contributed by atoms with Gasteiger partial charge in [0.2, 0.25) is 0 Å². The summed E-state index contributed by atoms with van der Waals surface area (Å²) >= 11 is 2.89. The Morgan fingerprint density at radius 3 is 2.71 bits per heavy atom. The quantitative estimate of drug-likeness (QED) is 0.540. The number of amides is 1. The van der Waals surface area contributed by atoms with Gasteiger partial charge in [0.1, 0.15) is 4.83 Å². The number of carbonyl (C=O) groups excluding carboxylic acids is 1. The van der Waals surface area contributed by atoms with Crippen molar-refractivity contribution in [2.45, 2.75) is 19.4 Å². The highest BCUT2D eigenvalue weighted by Gasteiger charge is 2.22. The van der Waals surface area contributed by atoms with E-state index >= 15 is 0 Å². The first-order chi connectivity index (χ1) is 13.5. The van der Waals surface area contributed by atoms with Crippen LogP contribution in [0.25, 0.3) is 10.2 Å². The SMILES string of the molecule is Cc1c(C(=O)NC(Cc2ccccc2)c2cccs2)sc2ncn(C)c(=O)c12. The molecular weight excluding hydrogens is 390 g/mol. The molecule has 0 bridgehead atoms. The Morgan fingerprint density at radius 1 is 1.21 bits per heavy atom. The average molecular weight is 410 g/mol. The molecule has 0 radical (unpaired) electrons. The fraction of sp³-hybridized carbons (Fsp3) is 0.190. The molecule has 0 spiro atoms. The standard InChI is InChI=1S/C21H19N3O2S2/c1-13-17-20(22-12-24(2)21(17)26)28-18(13)19(25)23-15(16-9-6-10-27-16)11-14-7-4-3-5-8-14/h3-10,12,15H,11H2,1-2H3,(H,23,25). The summed E-state index contributed by atoms with van der Waals surface area (Å²) < 4.78 is 1.44. The molecule has 3 heterocycles. The largest absolute Gasteiger partial charge is 0.343 e. The monoisotopic (exact) mass is 409 g/mol. The molecule has 0 saturated carbocycles. The number of fused-ring (bicyclic) bond motifs is 1. The van der Waals surface area contributed by atoms with Crippen molar-refractivity contribution in [2.75, 3.05) is 0 Å². The maximum Gasteiger partial charge on any atom is 0.262 e. The smallest absolute Gasteiger partial charge is 0.262 e. The van der Waals surface area contributed by atoms with E-state index in [2.05, 4.69) is 22.4 Å². The number of hydrogen-bond acceptors (Lipinski definition) is 5. The van der Waals surface area contributed by atoms with Crippen LogP contribution in [0.5, 0.6) is 0 Å². The van der Waals surface area contributed by atoms with E-state index in [1.54, 1.807) is 18.4 Å². The number of benzene rings is 1. The highest BCUT2D eigenvalue weighted by atomic mass is 32.1. The third-order valence-electron chi connectivity index (χ3n) is 4.69. The van der Waals surface area contributed by atoms with Crippen molar-refractivity contribution in [3.05, 3.63) is 85.4 Å². The van der Waals surface area contributed by atoms with Crippen molar-refractivity contribution in [3.63, 3.8) is 0 Å². The summed E-state index contributed by atoms with van der Waals surface area (Å²) in [6, 6.07) is 14.0. The van der Waals surface area contributed by atoms with Crippen molar-refractivity contribution in [1.29, 1.82) is 0 Å². The summed E-state index contributed by atoms with van der Waals surface area (Å²) in [7, 11) is 1.66. The molecule has 0 aliphatic rings. The number of rotatable bonds is 5. The molecule has 3 aromatic heterocycles. The predicted molar refractivity (Wildman–Crippen MR) is 114 cm³/mol. The Kier molecular flexibility index (Phi) is 5.11. The molecule has 1 aromatic carbocycles. The minimum absolute atomic E-state index is 0.128.